The van der Waals surface area contributed by atoms with Gasteiger partial charge in [0.2, 0.25) is 0 Å². The van der Waals surface area contributed by atoms with E-state index in [-0.39, 0.29) is 11.7 Å². The van der Waals surface area contributed by atoms with Crippen molar-refractivity contribution in [3.63, 3.8) is 0 Å². The molecule has 0 aliphatic heterocycles. The second-order valence-electron chi connectivity index (χ2n) is 4.72. The number of para-hydroxylation sites is 1. The molecule has 0 unspecified atom stereocenters. The largest absolute Gasteiger partial charge is 0.451 e. The first-order valence-electron chi connectivity index (χ1n) is 6.29. The molecule has 0 bridgehead atoms. The molecule has 3 rings (SSSR count). The molecule has 0 radical (unpaired) electrons. The van der Waals surface area contributed by atoms with E-state index in [0.717, 1.165) is 10.9 Å². The molecule has 21 heavy (non-hydrogen) atoms. The standard InChI is InChI=1S/C16H11Cl2NO2/c1-9-3-2-4-10-5-14(21-15(9)10)16(20)19-13-7-11(17)6-12(18)8-13/h2-8H,1H3,(H,19,20). The van der Waals surface area contributed by atoms with Crippen LogP contribution in [0.3, 0.4) is 0 Å². The fourth-order valence-corrected chi connectivity index (χ4v) is 2.67. The number of amides is 1. The predicted octanol–water partition coefficient (Wildman–Crippen LogP) is 5.30. The molecular weight excluding hydrogens is 309 g/mol. The fourth-order valence-electron chi connectivity index (χ4n) is 2.14. The highest BCUT2D eigenvalue weighted by Gasteiger charge is 2.14. The Hall–Kier alpha value is -1.97. The summed E-state index contributed by atoms with van der Waals surface area (Å²) in [6.45, 7) is 1.93. The number of halogens is 2. The number of nitrogens with one attached hydrogen (secondary N) is 1. The normalized spacial score (nSPS) is 10.8. The van der Waals surface area contributed by atoms with Crippen LogP contribution in [0.5, 0.6) is 0 Å². The van der Waals surface area contributed by atoms with Crippen molar-refractivity contribution in [3.8, 4) is 0 Å². The Bertz CT molecular complexity index is 819. The van der Waals surface area contributed by atoms with E-state index in [1.807, 2.05) is 25.1 Å². The van der Waals surface area contributed by atoms with Crippen molar-refractivity contribution >= 4 is 45.8 Å². The van der Waals surface area contributed by atoms with E-state index in [1.165, 1.54) is 0 Å². The van der Waals surface area contributed by atoms with Crippen molar-refractivity contribution in [2.45, 2.75) is 6.92 Å². The van der Waals surface area contributed by atoms with Gasteiger partial charge < -0.3 is 9.73 Å². The van der Waals surface area contributed by atoms with Crippen molar-refractivity contribution < 1.29 is 9.21 Å². The predicted molar refractivity (Wildman–Crippen MR) is 85.4 cm³/mol. The van der Waals surface area contributed by atoms with Gasteiger partial charge in [0.25, 0.3) is 5.91 Å². The Morgan fingerprint density at radius 3 is 2.48 bits per heavy atom. The highest BCUT2D eigenvalue weighted by molar-refractivity contribution is 6.35. The summed E-state index contributed by atoms with van der Waals surface area (Å²) in [5.41, 5.74) is 2.22. The minimum absolute atomic E-state index is 0.246. The van der Waals surface area contributed by atoms with Gasteiger partial charge in [-0.25, -0.2) is 0 Å². The van der Waals surface area contributed by atoms with Gasteiger partial charge in [0.15, 0.2) is 5.76 Å². The number of furan rings is 1. The van der Waals surface area contributed by atoms with E-state index in [9.17, 15) is 4.79 Å². The smallest absolute Gasteiger partial charge is 0.291 e. The van der Waals surface area contributed by atoms with Gasteiger partial charge in [0, 0.05) is 21.1 Å². The molecule has 0 spiro atoms. The first-order chi connectivity index (χ1) is 10.0. The van der Waals surface area contributed by atoms with Gasteiger partial charge in [0.1, 0.15) is 5.58 Å². The number of carbonyl (C=O) groups excluding carboxylic acids is 1. The average molecular weight is 320 g/mol. The molecule has 2 aromatic carbocycles. The lowest BCUT2D eigenvalue weighted by Gasteiger charge is -2.04. The summed E-state index contributed by atoms with van der Waals surface area (Å²) in [5.74, 6) is -0.0978. The highest BCUT2D eigenvalue weighted by atomic mass is 35.5. The van der Waals surface area contributed by atoms with Gasteiger partial charge in [-0.15, -0.1) is 0 Å². The summed E-state index contributed by atoms with van der Waals surface area (Å²) in [5, 5.41) is 4.52. The lowest BCUT2D eigenvalue weighted by molar-refractivity contribution is 0.0998. The molecule has 3 nitrogen and oxygen atoms in total. The number of fused-ring (bicyclic) bond motifs is 1. The number of hydrogen-bond acceptors (Lipinski definition) is 2. The van der Waals surface area contributed by atoms with Crippen LogP contribution in [0.2, 0.25) is 10.0 Å². The fraction of sp³-hybridized carbons (Fsp3) is 0.0625. The number of aryl methyl sites for hydroxylation is 1. The second kappa shape index (κ2) is 5.43. The molecule has 0 saturated heterocycles. The second-order valence-corrected chi connectivity index (χ2v) is 5.59. The van der Waals surface area contributed by atoms with Gasteiger partial charge in [-0.3, -0.25) is 4.79 Å². The molecule has 1 N–H and O–H groups in total. The van der Waals surface area contributed by atoms with E-state index >= 15 is 0 Å². The summed E-state index contributed by atoms with van der Waals surface area (Å²) in [7, 11) is 0. The topological polar surface area (TPSA) is 42.2 Å². The first-order valence-corrected chi connectivity index (χ1v) is 7.05. The van der Waals surface area contributed by atoms with Crippen LogP contribution in [0.15, 0.2) is 46.9 Å². The third kappa shape index (κ3) is 2.89. The van der Waals surface area contributed by atoms with Crippen LogP contribution in [-0.2, 0) is 0 Å². The van der Waals surface area contributed by atoms with Gasteiger partial charge in [-0.2, -0.15) is 0 Å². The number of hydrogen-bond donors (Lipinski definition) is 1. The average Bonchev–Trinajstić information content (AvgIpc) is 2.83. The molecule has 1 amide bonds. The van der Waals surface area contributed by atoms with Crippen molar-refractivity contribution in [3.05, 3.63) is 63.8 Å². The van der Waals surface area contributed by atoms with Gasteiger partial charge >= 0.3 is 0 Å². The molecule has 0 aliphatic rings. The number of anilines is 1. The van der Waals surface area contributed by atoms with Crippen LogP contribution in [0.1, 0.15) is 16.1 Å². The first kappa shape index (κ1) is 14.0. The summed E-state index contributed by atoms with van der Waals surface area (Å²) in [4.78, 5) is 12.2. The Morgan fingerprint density at radius 1 is 1.10 bits per heavy atom. The maximum atomic E-state index is 12.2. The molecule has 5 heteroatoms. The van der Waals surface area contributed by atoms with Gasteiger partial charge in [0.05, 0.1) is 0 Å². The molecule has 106 valence electrons. The zero-order chi connectivity index (χ0) is 15.0. The molecule has 0 fully saturated rings. The van der Waals surface area contributed by atoms with Crippen LogP contribution < -0.4 is 5.32 Å². The minimum Gasteiger partial charge on any atom is -0.451 e. The quantitative estimate of drug-likeness (QED) is 0.696. The van der Waals surface area contributed by atoms with E-state index in [2.05, 4.69) is 5.32 Å². The van der Waals surface area contributed by atoms with Crippen LogP contribution in [0, 0.1) is 6.92 Å². The van der Waals surface area contributed by atoms with Crippen LogP contribution in [0.4, 0.5) is 5.69 Å². The van der Waals surface area contributed by atoms with Crippen LogP contribution >= 0.6 is 23.2 Å². The molecule has 1 heterocycles. The Labute approximate surface area is 131 Å². The Balaban J connectivity index is 1.91. The molecule has 0 aliphatic carbocycles. The summed E-state index contributed by atoms with van der Waals surface area (Å²) in [6.07, 6.45) is 0. The molecule has 3 aromatic rings. The van der Waals surface area contributed by atoms with Crippen molar-refractivity contribution in [1.29, 1.82) is 0 Å². The van der Waals surface area contributed by atoms with E-state index in [4.69, 9.17) is 27.6 Å². The maximum absolute atomic E-state index is 12.2. The number of benzene rings is 2. The van der Waals surface area contributed by atoms with Gasteiger partial charge in [-0.1, -0.05) is 41.4 Å². The van der Waals surface area contributed by atoms with Gasteiger partial charge in [-0.05, 0) is 36.8 Å². The monoisotopic (exact) mass is 319 g/mol. The van der Waals surface area contributed by atoms with E-state index in [0.29, 0.717) is 21.3 Å². The van der Waals surface area contributed by atoms with E-state index in [1.54, 1.807) is 24.3 Å². The summed E-state index contributed by atoms with van der Waals surface area (Å²) >= 11 is 11.8. The summed E-state index contributed by atoms with van der Waals surface area (Å²) < 4.78 is 5.62. The lowest BCUT2D eigenvalue weighted by Crippen LogP contribution is -2.10. The zero-order valence-corrected chi connectivity index (χ0v) is 12.6. The Morgan fingerprint density at radius 2 is 1.81 bits per heavy atom. The highest BCUT2D eigenvalue weighted by Crippen LogP contribution is 2.25. The Kier molecular flexibility index (Phi) is 3.62. The number of carbonyl (C=O) groups is 1. The SMILES string of the molecule is Cc1cccc2cc(C(=O)Nc3cc(Cl)cc(Cl)c3)oc12. The third-order valence-corrected chi connectivity index (χ3v) is 3.52. The van der Waals surface area contributed by atoms with Crippen molar-refractivity contribution in [2.75, 3.05) is 5.32 Å². The zero-order valence-electron chi connectivity index (χ0n) is 11.1. The molecular formula is C16H11Cl2NO2. The third-order valence-electron chi connectivity index (χ3n) is 3.09. The molecule has 0 saturated carbocycles. The number of rotatable bonds is 2. The van der Waals surface area contributed by atoms with Crippen molar-refractivity contribution in [1.82, 2.24) is 0 Å². The maximum Gasteiger partial charge on any atom is 0.291 e. The lowest BCUT2D eigenvalue weighted by atomic mass is 10.2. The van der Waals surface area contributed by atoms with Crippen LogP contribution in [-0.4, -0.2) is 5.91 Å². The van der Waals surface area contributed by atoms with E-state index < -0.39 is 0 Å². The van der Waals surface area contributed by atoms with Crippen LogP contribution in [0.25, 0.3) is 11.0 Å². The molecule has 1 aromatic heterocycles. The summed E-state index contributed by atoms with van der Waals surface area (Å²) in [6, 6.07) is 12.3. The molecule has 0 atom stereocenters. The van der Waals surface area contributed by atoms with Crippen molar-refractivity contribution in [2.24, 2.45) is 0 Å². The minimum atomic E-state index is -0.344.